The molecular weight excluding hydrogens is 355 g/mol. The van der Waals surface area contributed by atoms with E-state index >= 15 is 0 Å². The molecule has 11 heteroatoms. The molecule has 2 amide bonds. The summed E-state index contributed by atoms with van der Waals surface area (Å²) in [6.45, 7) is 1.48. The van der Waals surface area contributed by atoms with E-state index in [1.807, 2.05) is 0 Å². The largest absolute Gasteiger partial charge is 0.480 e. The van der Waals surface area contributed by atoms with Gasteiger partial charge in [-0.25, -0.2) is 14.9 Å². The number of ether oxygens (including phenoxy) is 1. The molecule has 0 saturated carbocycles. The van der Waals surface area contributed by atoms with Gasteiger partial charge in [0, 0.05) is 12.6 Å². The van der Waals surface area contributed by atoms with Crippen molar-refractivity contribution >= 4 is 29.4 Å². The van der Waals surface area contributed by atoms with Crippen LogP contribution in [0.25, 0.3) is 0 Å². The number of anilines is 2. The fourth-order valence-corrected chi connectivity index (χ4v) is 2.92. The predicted octanol–water partition coefficient (Wildman–Crippen LogP) is 1.27. The topological polar surface area (TPSA) is 87.1 Å². The molecule has 1 N–H and O–H groups in total. The molecule has 0 bridgehead atoms. The number of hydrogen-bond acceptors (Lipinski definition) is 6. The van der Waals surface area contributed by atoms with Gasteiger partial charge in [-0.15, -0.1) is 0 Å². The van der Waals surface area contributed by atoms with E-state index in [1.165, 1.54) is 12.1 Å². The molecule has 4 rings (SSSR count). The van der Waals surface area contributed by atoms with Crippen molar-refractivity contribution in [3.8, 4) is 5.75 Å². The number of nitrogens with zero attached hydrogens (tertiary/aromatic N) is 4. The predicted molar refractivity (Wildman–Crippen MR) is 83.6 cm³/mol. The number of carbonyl (C=O) groups is 2. The van der Waals surface area contributed by atoms with Gasteiger partial charge in [-0.2, -0.15) is 13.2 Å². The van der Waals surface area contributed by atoms with Gasteiger partial charge in [-0.1, -0.05) is 0 Å². The molecule has 0 fully saturated rings. The molecule has 0 radical (unpaired) electrons. The van der Waals surface area contributed by atoms with E-state index in [1.54, 1.807) is 6.92 Å². The molecular formula is C15H12F3N5O3. The second-order valence-electron chi connectivity index (χ2n) is 5.94. The zero-order valence-corrected chi connectivity index (χ0v) is 13.4. The second-order valence-corrected chi connectivity index (χ2v) is 5.94. The number of fused-ring (bicyclic) bond motifs is 2. The summed E-state index contributed by atoms with van der Waals surface area (Å²) in [6, 6.07) is 2.48. The van der Waals surface area contributed by atoms with Crippen molar-refractivity contribution in [2.45, 2.75) is 19.1 Å². The van der Waals surface area contributed by atoms with Crippen LogP contribution in [0.4, 0.5) is 24.8 Å². The molecule has 3 aliphatic rings. The summed E-state index contributed by atoms with van der Waals surface area (Å²) in [5.74, 6) is -1.04. The lowest BCUT2D eigenvalue weighted by Crippen LogP contribution is -2.51. The van der Waals surface area contributed by atoms with Gasteiger partial charge in [0.25, 0.3) is 11.8 Å². The van der Waals surface area contributed by atoms with Crippen molar-refractivity contribution < 1.29 is 27.5 Å². The number of nitrogens with one attached hydrogen (secondary N) is 1. The van der Waals surface area contributed by atoms with E-state index in [-0.39, 0.29) is 30.7 Å². The number of pyridine rings is 1. The second kappa shape index (κ2) is 5.44. The van der Waals surface area contributed by atoms with Crippen LogP contribution < -0.4 is 15.0 Å². The number of alkyl halides is 3. The minimum absolute atomic E-state index is 0.00472. The fourth-order valence-electron chi connectivity index (χ4n) is 2.92. The molecule has 0 saturated heterocycles. The first-order valence-corrected chi connectivity index (χ1v) is 7.66. The summed E-state index contributed by atoms with van der Waals surface area (Å²) < 4.78 is 45.0. The van der Waals surface area contributed by atoms with Crippen LogP contribution in [0.2, 0.25) is 0 Å². The van der Waals surface area contributed by atoms with Crippen LogP contribution in [0.1, 0.15) is 6.92 Å². The zero-order chi connectivity index (χ0) is 18.6. The highest BCUT2D eigenvalue weighted by Gasteiger charge is 2.48. The summed E-state index contributed by atoms with van der Waals surface area (Å²) in [5, 5.41) is 2.49. The molecule has 3 aliphatic heterocycles. The monoisotopic (exact) mass is 367 g/mol. The maximum Gasteiger partial charge on any atom is 0.431 e. The fraction of sp³-hybridized carbons (Fsp3) is 0.333. The van der Waals surface area contributed by atoms with Crippen LogP contribution in [-0.2, 0) is 9.59 Å². The van der Waals surface area contributed by atoms with E-state index in [4.69, 9.17) is 4.74 Å². The third kappa shape index (κ3) is 2.55. The SMILES string of the molecule is CC1CN2C(C(F)(F)F)=CC(=O)N(c3ccc4c(n3)NC(=O)CO4)C2=N1. The Balaban J connectivity index is 1.78. The summed E-state index contributed by atoms with van der Waals surface area (Å²) in [5.41, 5.74) is -1.06. The van der Waals surface area contributed by atoms with Crippen molar-refractivity contribution in [2.24, 2.45) is 4.99 Å². The highest BCUT2D eigenvalue weighted by Crippen LogP contribution is 2.36. The molecule has 1 aromatic rings. The number of amides is 2. The number of rotatable bonds is 1. The number of halogens is 3. The van der Waals surface area contributed by atoms with E-state index in [9.17, 15) is 22.8 Å². The maximum atomic E-state index is 13.3. The molecule has 0 aromatic carbocycles. The average molecular weight is 367 g/mol. The van der Waals surface area contributed by atoms with Crippen molar-refractivity contribution in [3.05, 3.63) is 23.9 Å². The van der Waals surface area contributed by atoms with Gasteiger partial charge in [0.15, 0.2) is 18.2 Å². The van der Waals surface area contributed by atoms with Crippen molar-refractivity contribution in [1.29, 1.82) is 0 Å². The number of aliphatic imine (C=N–C) groups is 1. The first-order valence-electron chi connectivity index (χ1n) is 7.66. The highest BCUT2D eigenvalue weighted by molar-refractivity contribution is 6.22. The minimum Gasteiger partial charge on any atom is -0.480 e. The number of carbonyl (C=O) groups excluding carboxylic acids is 2. The Bertz CT molecular complexity index is 880. The van der Waals surface area contributed by atoms with E-state index in [0.29, 0.717) is 11.8 Å². The molecule has 8 nitrogen and oxygen atoms in total. The van der Waals surface area contributed by atoms with Crippen molar-refractivity contribution in [2.75, 3.05) is 23.4 Å². The molecule has 26 heavy (non-hydrogen) atoms. The van der Waals surface area contributed by atoms with Gasteiger partial charge < -0.3 is 15.0 Å². The van der Waals surface area contributed by atoms with Crippen LogP contribution in [-0.4, -0.2) is 53.0 Å². The average Bonchev–Trinajstić information content (AvgIpc) is 2.93. The molecule has 0 aliphatic carbocycles. The Hall–Kier alpha value is -3.11. The number of guanidine groups is 1. The Morgan fingerprint density at radius 3 is 2.81 bits per heavy atom. The molecule has 4 heterocycles. The van der Waals surface area contributed by atoms with Gasteiger partial charge in [-0.05, 0) is 19.1 Å². The molecule has 1 aromatic heterocycles. The molecule has 1 atom stereocenters. The Kier molecular flexibility index (Phi) is 3.43. The van der Waals surface area contributed by atoms with Crippen LogP contribution in [0, 0.1) is 0 Å². The van der Waals surface area contributed by atoms with Crippen LogP contribution in [0.15, 0.2) is 28.9 Å². The summed E-state index contributed by atoms with van der Waals surface area (Å²) in [4.78, 5) is 34.1. The van der Waals surface area contributed by atoms with Gasteiger partial charge in [0.1, 0.15) is 11.5 Å². The Labute approximate surface area is 144 Å². The lowest BCUT2D eigenvalue weighted by atomic mass is 10.2. The smallest absolute Gasteiger partial charge is 0.431 e. The Morgan fingerprint density at radius 1 is 1.31 bits per heavy atom. The van der Waals surface area contributed by atoms with Crippen LogP contribution >= 0.6 is 0 Å². The van der Waals surface area contributed by atoms with Gasteiger partial charge in [0.2, 0.25) is 5.96 Å². The third-order valence-electron chi connectivity index (χ3n) is 3.98. The molecule has 0 spiro atoms. The number of hydrogen-bond donors (Lipinski definition) is 1. The zero-order valence-electron chi connectivity index (χ0n) is 13.4. The van der Waals surface area contributed by atoms with E-state index in [0.717, 1.165) is 9.80 Å². The quantitative estimate of drug-likeness (QED) is 0.808. The molecule has 136 valence electrons. The lowest BCUT2D eigenvalue weighted by molar-refractivity contribution is -0.119. The summed E-state index contributed by atoms with van der Waals surface area (Å²) in [6.07, 6.45) is -4.16. The summed E-state index contributed by atoms with van der Waals surface area (Å²) >= 11 is 0. The van der Waals surface area contributed by atoms with Crippen molar-refractivity contribution in [3.63, 3.8) is 0 Å². The van der Waals surface area contributed by atoms with E-state index < -0.39 is 29.7 Å². The lowest BCUT2D eigenvalue weighted by Gasteiger charge is -2.34. The number of aromatic nitrogens is 1. The summed E-state index contributed by atoms with van der Waals surface area (Å²) in [7, 11) is 0. The minimum atomic E-state index is -4.68. The highest BCUT2D eigenvalue weighted by atomic mass is 19.4. The maximum absolute atomic E-state index is 13.3. The van der Waals surface area contributed by atoms with Gasteiger partial charge in [-0.3, -0.25) is 9.59 Å². The standard InChI is InChI=1S/C15H12F3N5O3/c1-7-5-22-9(15(16,17)18)4-12(25)23(14(22)19-7)10-3-2-8-13(20-10)21-11(24)6-26-8/h2-4,7H,5-6H2,1H3,(H,20,21,24). The van der Waals surface area contributed by atoms with Crippen LogP contribution in [0.5, 0.6) is 5.75 Å². The third-order valence-corrected chi connectivity index (χ3v) is 3.98. The molecule has 1 unspecified atom stereocenters. The van der Waals surface area contributed by atoms with E-state index in [2.05, 4.69) is 15.3 Å². The number of allylic oxidation sites excluding steroid dienone is 1. The first kappa shape index (κ1) is 16.4. The first-order chi connectivity index (χ1) is 12.2. The Morgan fingerprint density at radius 2 is 2.08 bits per heavy atom. The normalized spacial score (nSPS) is 22.2. The van der Waals surface area contributed by atoms with Crippen molar-refractivity contribution in [1.82, 2.24) is 9.88 Å². The van der Waals surface area contributed by atoms with Gasteiger partial charge >= 0.3 is 6.18 Å². The van der Waals surface area contributed by atoms with Gasteiger partial charge in [0.05, 0.1) is 6.04 Å². The van der Waals surface area contributed by atoms with Crippen LogP contribution in [0.3, 0.4) is 0 Å².